The monoisotopic (exact) mass is 468 g/mol. The number of hydrazone groups is 1. The van der Waals surface area contributed by atoms with Gasteiger partial charge in [-0.2, -0.15) is 5.10 Å². The SMILES string of the molecule is O=C(N/N=C\c1ccccc1OC(=O)c1cc([N+](=O)[O-])cc([N+](=O)[O-])c1)c1ccc(Cl)cc1. The first-order chi connectivity index (χ1) is 15.7. The van der Waals surface area contributed by atoms with Gasteiger partial charge in [-0.05, 0) is 36.4 Å². The number of carbonyl (C=O) groups is 2. The topological polar surface area (TPSA) is 154 Å². The minimum Gasteiger partial charge on any atom is -0.422 e. The Hall–Kier alpha value is -4.64. The molecule has 1 amide bonds. The summed E-state index contributed by atoms with van der Waals surface area (Å²) in [7, 11) is 0. The van der Waals surface area contributed by atoms with E-state index in [0.29, 0.717) is 16.1 Å². The smallest absolute Gasteiger partial charge is 0.344 e. The number of non-ortho nitro benzene ring substituents is 2. The summed E-state index contributed by atoms with van der Waals surface area (Å²) < 4.78 is 5.25. The lowest BCUT2D eigenvalue weighted by atomic mass is 10.1. The molecule has 1 N–H and O–H groups in total. The fourth-order valence-electron chi connectivity index (χ4n) is 2.59. The van der Waals surface area contributed by atoms with Crippen LogP contribution in [-0.2, 0) is 0 Å². The van der Waals surface area contributed by atoms with Gasteiger partial charge in [-0.25, -0.2) is 10.2 Å². The van der Waals surface area contributed by atoms with Crippen molar-refractivity contribution in [2.75, 3.05) is 0 Å². The third kappa shape index (κ3) is 5.95. The van der Waals surface area contributed by atoms with Gasteiger partial charge in [-0.3, -0.25) is 25.0 Å². The van der Waals surface area contributed by atoms with Crippen LogP contribution >= 0.6 is 11.6 Å². The molecule has 0 heterocycles. The second kappa shape index (κ2) is 10.1. The van der Waals surface area contributed by atoms with Gasteiger partial charge in [0.25, 0.3) is 17.3 Å². The van der Waals surface area contributed by atoms with E-state index < -0.39 is 33.1 Å². The van der Waals surface area contributed by atoms with E-state index in [2.05, 4.69) is 10.5 Å². The number of carbonyl (C=O) groups excluding carboxylic acids is 2. The maximum atomic E-state index is 12.5. The largest absolute Gasteiger partial charge is 0.422 e. The number of amides is 1. The fourth-order valence-corrected chi connectivity index (χ4v) is 2.72. The molecule has 3 rings (SSSR count). The van der Waals surface area contributed by atoms with Crippen molar-refractivity contribution in [3.05, 3.63) is 109 Å². The van der Waals surface area contributed by atoms with Crippen LogP contribution in [0.15, 0.2) is 71.8 Å². The second-order valence-corrected chi connectivity index (χ2v) is 6.82. The molecule has 0 aliphatic heterocycles. The summed E-state index contributed by atoms with van der Waals surface area (Å²) in [6.07, 6.45) is 1.23. The molecule has 11 nitrogen and oxygen atoms in total. The van der Waals surface area contributed by atoms with Crippen molar-refractivity contribution in [2.24, 2.45) is 5.10 Å². The van der Waals surface area contributed by atoms with Gasteiger partial charge in [0.15, 0.2) is 0 Å². The van der Waals surface area contributed by atoms with Crippen molar-refractivity contribution in [2.45, 2.75) is 0 Å². The van der Waals surface area contributed by atoms with Crippen molar-refractivity contribution in [1.82, 2.24) is 5.43 Å². The van der Waals surface area contributed by atoms with Gasteiger partial charge in [0, 0.05) is 28.3 Å². The van der Waals surface area contributed by atoms with E-state index in [1.54, 1.807) is 24.3 Å². The number of para-hydroxylation sites is 1. The summed E-state index contributed by atoms with van der Waals surface area (Å²) in [5, 5.41) is 26.4. The highest BCUT2D eigenvalue weighted by atomic mass is 35.5. The Balaban J connectivity index is 1.78. The lowest BCUT2D eigenvalue weighted by molar-refractivity contribution is -0.394. The number of nitro benzene ring substituents is 2. The summed E-state index contributed by atoms with van der Waals surface area (Å²) in [5.41, 5.74) is 1.30. The van der Waals surface area contributed by atoms with Gasteiger partial charge >= 0.3 is 5.97 Å². The number of hydrogen-bond acceptors (Lipinski definition) is 8. The Kier molecular flexibility index (Phi) is 7.06. The highest BCUT2D eigenvalue weighted by molar-refractivity contribution is 6.30. The third-order valence-corrected chi connectivity index (χ3v) is 4.41. The number of nitrogens with zero attached hydrogens (tertiary/aromatic N) is 3. The second-order valence-electron chi connectivity index (χ2n) is 6.39. The van der Waals surface area contributed by atoms with Crippen LogP contribution in [0, 0.1) is 20.2 Å². The first kappa shape index (κ1) is 23.0. The summed E-state index contributed by atoms with van der Waals surface area (Å²) in [4.78, 5) is 45.0. The zero-order valence-electron chi connectivity index (χ0n) is 16.5. The van der Waals surface area contributed by atoms with Crippen LogP contribution in [0.2, 0.25) is 5.02 Å². The zero-order chi connectivity index (χ0) is 24.0. The highest BCUT2D eigenvalue weighted by Gasteiger charge is 2.21. The number of nitrogens with one attached hydrogen (secondary N) is 1. The number of rotatable bonds is 7. The lowest BCUT2D eigenvalue weighted by Crippen LogP contribution is -2.17. The number of hydrogen-bond donors (Lipinski definition) is 1. The normalized spacial score (nSPS) is 10.6. The average molecular weight is 469 g/mol. The Bertz CT molecular complexity index is 1240. The quantitative estimate of drug-likeness (QED) is 0.179. The van der Waals surface area contributed by atoms with Crippen LogP contribution in [0.3, 0.4) is 0 Å². The zero-order valence-corrected chi connectivity index (χ0v) is 17.3. The average Bonchev–Trinajstić information content (AvgIpc) is 2.80. The number of ether oxygens (including phenoxy) is 1. The predicted octanol–water partition coefficient (Wildman–Crippen LogP) is 4.14. The van der Waals surface area contributed by atoms with Crippen molar-refractivity contribution in [3.8, 4) is 5.75 Å². The van der Waals surface area contributed by atoms with Crippen LogP contribution < -0.4 is 10.2 Å². The molecule has 33 heavy (non-hydrogen) atoms. The maximum Gasteiger partial charge on any atom is 0.344 e. The first-order valence-electron chi connectivity index (χ1n) is 9.08. The van der Waals surface area contributed by atoms with E-state index in [-0.39, 0.29) is 11.3 Å². The minimum absolute atomic E-state index is 0.0150. The molecule has 0 aliphatic rings. The van der Waals surface area contributed by atoms with Crippen molar-refractivity contribution in [3.63, 3.8) is 0 Å². The molecule has 0 atom stereocenters. The molecule has 3 aromatic rings. The van der Waals surface area contributed by atoms with Crippen molar-refractivity contribution >= 4 is 41.1 Å². The van der Waals surface area contributed by atoms with Gasteiger partial charge < -0.3 is 4.74 Å². The summed E-state index contributed by atoms with van der Waals surface area (Å²) >= 11 is 5.78. The van der Waals surface area contributed by atoms with E-state index in [9.17, 15) is 29.8 Å². The molecular weight excluding hydrogens is 456 g/mol. The van der Waals surface area contributed by atoms with Gasteiger partial charge in [0.2, 0.25) is 0 Å². The molecule has 0 unspecified atom stereocenters. The molecule has 12 heteroatoms. The summed E-state index contributed by atoms with van der Waals surface area (Å²) in [6, 6.07) is 14.8. The van der Waals surface area contributed by atoms with Crippen LogP contribution in [0.4, 0.5) is 11.4 Å². The van der Waals surface area contributed by atoms with E-state index >= 15 is 0 Å². The number of benzene rings is 3. The van der Waals surface area contributed by atoms with Crippen LogP contribution in [0.1, 0.15) is 26.3 Å². The molecule has 0 spiro atoms. The molecule has 0 aromatic heterocycles. The maximum absolute atomic E-state index is 12.5. The fraction of sp³-hybridized carbons (Fsp3) is 0. The summed E-state index contributed by atoms with van der Waals surface area (Å²) in [6.45, 7) is 0. The third-order valence-electron chi connectivity index (χ3n) is 4.16. The van der Waals surface area contributed by atoms with E-state index in [1.807, 2.05) is 0 Å². The van der Waals surface area contributed by atoms with Crippen molar-refractivity contribution < 1.29 is 24.2 Å². The molecule has 0 aliphatic carbocycles. The Morgan fingerprint density at radius 1 is 0.909 bits per heavy atom. The van der Waals surface area contributed by atoms with Gasteiger partial charge in [-0.15, -0.1) is 0 Å². The Labute approximate surface area is 190 Å². The van der Waals surface area contributed by atoms with Gasteiger partial charge in [-0.1, -0.05) is 23.7 Å². The Morgan fingerprint density at radius 2 is 1.52 bits per heavy atom. The molecule has 0 bridgehead atoms. The summed E-state index contributed by atoms with van der Waals surface area (Å²) in [5.74, 6) is -1.53. The standard InChI is InChI=1S/C21H13ClN4O7/c22-16-7-5-13(6-8-16)20(27)24-23-12-14-3-1-2-4-19(14)33-21(28)15-9-17(25(29)30)11-18(10-15)26(31)32/h1-12H,(H,24,27)/b23-12-. The molecule has 166 valence electrons. The van der Waals surface area contributed by atoms with Gasteiger partial charge in [0.1, 0.15) is 5.75 Å². The Morgan fingerprint density at radius 3 is 2.12 bits per heavy atom. The lowest BCUT2D eigenvalue weighted by Gasteiger charge is -2.07. The van der Waals surface area contributed by atoms with Crippen LogP contribution in [0.25, 0.3) is 0 Å². The number of halogens is 1. The van der Waals surface area contributed by atoms with Crippen LogP contribution in [0.5, 0.6) is 5.75 Å². The minimum atomic E-state index is -1.05. The molecule has 0 saturated heterocycles. The van der Waals surface area contributed by atoms with Crippen molar-refractivity contribution in [1.29, 1.82) is 0 Å². The highest BCUT2D eigenvalue weighted by Crippen LogP contribution is 2.24. The molecule has 0 saturated carbocycles. The number of esters is 1. The predicted molar refractivity (Wildman–Crippen MR) is 118 cm³/mol. The molecular formula is C21H13ClN4O7. The first-order valence-corrected chi connectivity index (χ1v) is 9.46. The molecule has 0 radical (unpaired) electrons. The van der Waals surface area contributed by atoms with E-state index in [1.165, 1.54) is 30.5 Å². The van der Waals surface area contributed by atoms with Crippen LogP contribution in [-0.4, -0.2) is 27.9 Å². The number of nitro groups is 2. The molecule has 0 fully saturated rings. The van der Waals surface area contributed by atoms with E-state index in [0.717, 1.165) is 18.2 Å². The van der Waals surface area contributed by atoms with E-state index in [4.69, 9.17) is 16.3 Å². The van der Waals surface area contributed by atoms with Gasteiger partial charge in [0.05, 0.1) is 27.7 Å². The molecule has 3 aromatic carbocycles.